The molecule has 0 radical (unpaired) electrons. The Labute approximate surface area is 132 Å². The molecule has 0 atom stereocenters. The van der Waals surface area contributed by atoms with Gasteiger partial charge >= 0.3 is 5.97 Å². The van der Waals surface area contributed by atoms with Gasteiger partial charge in [-0.2, -0.15) is 0 Å². The molecule has 1 aliphatic rings. The first kappa shape index (κ1) is 16.5. The number of hydrogen-bond acceptors (Lipinski definition) is 6. The van der Waals surface area contributed by atoms with E-state index in [1.807, 2.05) is 0 Å². The second kappa shape index (κ2) is 7.44. The maximum absolute atomic E-state index is 12.5. The lowest BCUT2D eigenvalue weighted by atomic mass is 10.3. The first-order chi connectivity index (χ1) is 10.6. The van der Waals surface area contributed by atoms with E-state index < -0.39 is 11.5 Å². The molecule has 0 saturated carbocycles. The maximum Gasteiger partial charge on any atom is 0.345 e. The van der Waals surface area contributed by atoms with Crippen molar-refractivity contribution in [3.63, 3.8) is 0 Å². The zero-order valence-corrected chi connectivity index (χ0v) is 13.5. The van der Waals surface area contributed by atoms with Crippen LogP contribution >= 0.6 is 11.8 Å². The number of hydrogen-bond donors (Lipinski definition) is 0. The van der Waals surface area contributed by atoms with Crippen LogP contribution in [-0.4, -0.2) is 52.3 Å². The summed E-state index contributed by atoms with van der Waals surface area (Å²) in [5.41, 5.74) is -0.681. The summed E-state index contributed by atoms with van der Waals surface area (Å²) in [5.74, 6) is -0.840. The third kappa shape index (κ3) is 3.49. The quantitative estimate of drug-likeness (QED) is 0.452. The van der Waals surface area contributed by atoms with Gasteiger partial charge < -0.3 is 9.64 Å². The molecule has 8 heteroatoms. The SMILES string of the molecule is CCOC(=O)c1cnc(SC)n(CC(=O)N2CCCC2)c1=O. The summed E-state index contributed by atoms with van der Waals surface area (Å²) < 4.78 is 6.10. The molecular formula is C14H19N3O4S. The standard InChI is InChI=1S/C14H19N3O4S/c1-3-21-13(20)10-8-15-14(22-2)17(12(10)19)9-11(18)16-6-4-5-7-16/h8H,3-7,9H2,1-2H3. The van der Waals surface area contributed by atoms with Crippen LogP contribution in [0.1, 0.15) is 30.1 Å². The van der Waals surface area contributed by atoms with Crippen molar-refractivity contribution in [2.75, 3.05) is 26.0 Å². The van der Waals surface area contributed by atoms with Crippen LogP contribution in [0, 0.1) is 0 Å². The second-order valence-corrected chi connectivity index (χ2v) is 5.63. The smallest absolute Gasteiger partial charge is 0.345 e. The molecule has 7 nitrogen and oxygen atoms in total. The Morgan fingerprint density at radius 1 is 1.36 bits per heavy atom. The van der Waals surface area contributed by atoms with E-state index in [-0.39, 0.29) is 24.6 Å². The average Bonchev–Trinajstić information content (AvgIpc) is 3.03. The molecule has 0 bridgehead atoms. The topological polar surface area (TPSA) is 81.5 Å². The number of aromatic nitrogens is 2. The predicted molar refractivity (Wildman–Crippen MR) is 82.0 cm³/mol. The number of likely N-dealkylation sites (tertiary alicyclic amines) is 1. The Kier molecular flexibility index (Phi) is 5.59. The summed E-state index contributed by atoms with van der Waals surface area (Å²) in [6.07, 6.45) is 4.94. The fourth-order valence-corrected chi connectivity index (χ4v) is 2.86. The molecular weight excluding hydrogens is 306 g/mol. The normalized spacial score (nSPS) is 14.2. The summed E-state index contributed by atoms with van der Waals surface area (Å²) in [5, 5.41) is 0.408. The van der Waals surface area contributed by atoms with Crippen LogP contribution in [0.25, 0.3) is 0 Å². The van der Waals surface area contributed by atoms with E-state index in [0.717, 1.165) is 12.8 Å². The molecule has 1 aromatic heterocycles. The molecule has 1 amide bonds. The van der Waals surface area contributed by atoms with Crippen molar-refractivity contribution in [2.24, 2.45) is 0 Å². The predicted octanol–water partition coefficient (Wildman–Crippen LogP) is 0.764. The minimum absolute atomic E-state index is 0.102. The second-order valence-electron chi connectivity index (χ2n) is 4.86. The summed E-state index contributed by atoms with van der Waals surface area (Å²) in [6.45, 7) is 3.17. The highest BCUT2D eigenvalue weighted by molar-refractivity contribution is 7.98. The zero-order valence-electron chi connectivity index (χ0n) is 12.7. The van der Waals surface area contributed by atoms with Crippen LogP contribution in [0.3, 0.4) is 0 Å². The highest BCUT2D eigenvalue weighted by Crippen LogP contribution is 2.12. The van der Waals surface area contributed by atoms with E-state index in [4.69, 9.17) is 4.74 Å². The molecule has 1 aliphatic heterocycles. The minimum Gasteiger partial charge on any atom is -0.462 e. The van der Waals surface area contributed by atoms with E-state index >= 15 is 0 Å². The molecule has 0 N–H and O–H groups in total. The Morgan fingerprint density at radius 2 is 2.05 bits per heavy atom. The molecule has 1 saturated heterocycles. The molecule has 1 aromatic rings. The summed E-state index contributed by atoms with van der Waals surface area (Å²) >= 11 is 1.26. The van der Waals surface area contributed by atoms with Crippen molar-refractivity contribution in [3.05, 3.63) is 22.1 Å². The van der Waals surface area contributed by atoms with Gasteiger partial charge in [-0.05, 0) is 26.0 Å². The van der Waals surface area contributed by atoms with Crippen molar-refractivity contribution >= 4 is 23.6 Å². The number of esters is 1. The van der Waals surface area contributed by atoms with E-state index in [9.17, 15) is 14.4 Å². The minimum atomic E-state index is -0.713. The number of amides is 1. The van der Waals surface area contributed by atoms with Gasteiger partial charge in [0, 0.05) is 13.1 Å². The van der Waals surface area contributed by atoms with Crippen LogP contribution < -0.4 is 5.56 Å². The third-order valence-corrected chi connectivity index (χ3v) is 4.13. The van der Waals surface area contributed by atoms with Crippen molar-refractivity contribution in [1.29, 1.82) is 0 Å². The highest BCUT2D eigenvalue weighted by atomic mass is 32.2. The molecule has 2 rings (SSSR count). The number of nitrogens with zero attached hydrogens (tertiary/aromatic N) is 3. The van der Waals surface area contributed by atoms with Gasteiger partial charge in [-0.1, -0.05) is 11.8 Å². The lowest BCUT2D eigenvalue weighted by Crippen LogP contribution is -2.37. The van der Waals surface area contributed by atoms with Crippen molar-refractivity contribution in [1.82, 2.24) is 14.5 Å². The van der Waals surface area contributed by atoms with Crippen LogP contribution in [0.2, 0.25) is 0 Å². The highest BCUT2D eigenvalue weighted by Gasteiger charge is 2.22. The summed E-state index contributed by atoms with van der Waals surface area (Å²) in [7, 11) is 0. The van der Waals surface area contributed by atoms with Crippen molar-refractivity contribution in [2.45, 2.75) is 31.5 Å². The molecule has 22 heavy (non-hydrogen) atoms. The van der Waals surface area contributed by atoms with Crippen LogP contribution in [0.15, 0.2) is 16.1 Å². The number of thioether (sulfide) groups is 1. The van der Waals surface area contributed by atoms with Gasteiger partial charge in [-0.3, -0.25) is 14.2 Å². The zero-order chi connectivity index (χ0) is 16.1. The molecule has 120 valence electrons. The molecule has 1 fully saturated rings. The number of carbonyl (C=O) groups is 2. The Hall–Kier alpha value is -1.83. The Balaban J connectivity index is 2.31. The van der Waals surface area contributed by atoms with Gasteiger partial charge in [0.05, 0.1) is 12.8 Å². The van der Waals surface area contributed by atoms with E-state index in [1.54, 1.807) is 18.1 Å². The first-order valence-corrected chi connectivity index (χ1v) is 8.39. The van der Waals surface area contributed by atoms with E-state index in [0.29, 0.717) is 18.2 Å². The maximum atomic E-state index is 12.5. The molecule has 2 heterocycles. The number of ether oxygens (including phenoxy) is 1. The van der Waals surface area contributed by atoms with Gasteiger partial charge in [-0.25, -0.2) is 9.78 Å². The van der Waals surface area contributed by atoms with Crippen LogP contribution in [0.5, 0.6) is 0 Å². The lowest BCUT2D eigenvalue weighted by molar-refractivity contribution is -0.131. The van der Waals surface area contributed by atoms with Crippen LogP contribution in [0.4, 0.5) is 0 Å². The molecule has 0 unspecified atom stereocenters. The largest absolute Gasteiger partial charge is 0.462 e. The third-order valence-electron chi connectivity index (χ3n) is 3.44. The van der Waals surface area contributed by atoms with Gasteiger partial charge in [-0.15, -0.1) is 0 Å². The molecule has 0 aromatic carbocycles. The average molecular weight is 325 g/mol. The van der Waals surface area contributed by atoms with Gasteiger partial charge in [0.1, 0.15) is 12.1 Å². The first-order valence-electron chi connectivity index (χ1n) is 7.17. The fourth-order valence-electron chi connectivity index (χ4n) is 2.33. The number of carbonyl (C=O) groups excluding carboxylic acids is 2. The monoisotopic (exact) mass is 325 g/mol. The molecule has 0 spiro atoms. The van der Waals surface area contributed by atoms with Gasteiger partial charge in [0.15, 0.2) is 5.16 Å². The van der Waals surface area contributed by atoms with Crippen molar-refractivity contribution < 1.29 is 14.3 Å². The number of rotatable bonds is 5. The van der Waals surface area contributed by atoms with E-state index in [1.165, 1.54) is 22.5 Å². The fraction of sp³-hybridized carbons (Fsp3) is 0.571. The van der Waals surface area contributed by atoms with Gasteiger partial charge in [0.25, 0.3) is 5.56 Å². The van der Waals surface area contributed by atoms with E-state index in [2.05, 4.69) is 4.98 Å². The lowest BCUT2D eigenvalue weighted by Gasteiger charge is -2.17. The summed E-state index contributed by atoms with van der Waals surface area (Å²) in [6, 6.07) is 0. The Morgan fingerprint density at radius 3 is 2.64 bits per heavy atom. The Bertz CT molecular complexity index is 623. The van der Waals surface area contributed by atoms with Crippen molar-refractivity contribution in [3.8, 4) is 0 Å². The molecule has 0 aliphatic carbocycles. The van der Waals surface area contributed by atoms with Crippen LogP contribution in [-0.2, 0) is 16.1 Å². The van der Waals surface area contributed by atoms with Gasteiger partial charge in [0.2, 0.25) is 5.91 Å². The summed E-state index contributed by atoms with van der Waals surface area (Å²) in [4.78, 5) is 42.3.